The number of sulfonamides is 1. The van der Waals surface area contributed by atoms with E-state index < -0.39 is 16.1 Å². The van der Waals surface area contributed by atoms with Crippen LogP contribution in [0, 0.1) is 0 Å². The average molecular weight is 432 g/mol. The van der Waals surface area contributed by atoms with Crippen LogP contribution in [0.5, 0.6) is 11.5 Å². The molecule has 8 heteroatoms. The van der Waals surface area contributed by atoms with Gasteiger partial charge in [0, 0.05) is 6.04 Å². The van der Waals surface area contributed by atoms with E-state index in [2.05, 4.69) is 4.72 Å². The van der Waals surface area contributed by atoms with Crippen molar-refractivity contribution in [3.63, 3.8) is 0 Å². The average Bonchev–Trinajstić information content (AvgIpc) is 2.59. The molecule has 0 aliphatic rings. The van der Waals surface area contributed by atoms with Crippen molar-refractivity contribution < 1.29 is 17.9 Å². The van der Waals surface area contributed by atoms with Crippen LogP contribution in [0.15, 0.2) is 36.4 Å². The lowest BCUT2D eigenvalue weighted by Gasteiger charge is -2.18. The maximum atomic E-state index is 12.5. The van der Waals surface area contributed by atoms with Crippen molar-refractivity contribution in [1.82, 2.24) is 4.72 Å². The number of rotatable bonds is 9. The van der Waals surface area contributed by atoms with Gasteiger partial charge in [0.1, 0.15) is 0 Å². The zero-order chi connectivity index (χ0) is 20.0. The van der Waals surface area contributed by atoms with Crippen molar-refractivity contribution in [2.45, 2.75) is 32.6 Å². The lowest BCUT2D eigenvalue weighted by molar-refractivity contribution is 0.287. The summed E-state index contributed by atoms with van der Waals surface area (Å²) in [5, 5.41) is 0.710. The summed E-state index contributed by atoms with van der Waals surface area (Å²) in [4.78, 5) is 0. The maximum Gasteiger partial charge on any atom is 0.216 e. The molecule has 0 spiro atoms. The van der Waals surface area contributed by atoms with E-state index >= 15 is 0 Å². The Bertz CT molecular complexity index is 887. The first-order valence-electron chi connectivity index (χ1n) is 8.59. The summed E-state index contributed by atoms with van der Waals surface area (Å²) in [5.74, 6) is 1.03. The number of benzene rings is 2. The van der Waals surface area contributed by atoms with Gasteiger partial charge in [-0.25, -0.2) is 13.1 Å². The second-order valence-corrected chi connectivity index (χ2v) is 8.49. The molecular formula is C19H23Cl2NO4S. The number of hydrogen-bond acceptors (Lipinski definition) is 4. The monoisotopic (exact) mass is 431 g/mol. The largest absolute Gasteiger partial charge is 0.490 e. The van der Waals surface area contributed by atoms with Gasteiger partial charge in [-0.1, -0.05) is 35.3 Å². The molecule has 0 saturated carbocycles. The fraction of sp³-hybridized carbons (Fsp3) is 0.368. The Hall–Kier alpha value is -1.47. The third-order valence-electron chi connectivity index (χ3n) is 3.76. The van der Waals surface area contributed by atoms with Crippen LogP contribution in [0.2, 0.25) is 10.0 Å². The van der Waals surface area contributed by atoms with E-state index in [0.717, 1.165) is 5.56 Å². The molecule has 0 amide bonds. The first-order valence-corrected chi connectivity index (χ1v) is 11.0. The Kier molecular flexibility index (Phi) is 7.79. The molecule has 1 atom stereocenters. The molecule has 2 aromatic carbocycles. The van der Waals surface area contributed by atoms with Crippen LogP contribution in [-0.2, 0) is 15.8 Å². The van der Waals surface area contributed by atoms with Gasteiger partial charge in [0.15, 0.2) is 11.5 Å². The van der Waals surface area contributed by atoms with Gasteiger partial charge in [-0.2, -0.15) is 0 Å². The van der Waals surface area contributed by atoms with E-state index in [4.69, 9.17) is 32.7 Å². The minimum absolute atomic E-state index is 0.191. The van der Waals surface area contributed by atoms with Gasteiger partial charge in [0.2, 0.25) is 10.0 Å². The second kappa shape index (κ2) is 9.64. The van der Waals surface area contributed by atoms with Gasteiger partial charge in [0.25, 0.3) is 0 Å². The summed E-state index contributed by atoms with van der Waals surface area (Å²) in [6.45, 7) is 6.55. The summed E-state index contributed by atoms with van der Waals surface area (Å²) in [6, 6.07) is 9.74. The molecule has 1 N–H and O–H groups in total. The lowest BCUT2D eigenvalue weighted by Crippen LogP contribution is -2.28. The van der Waals surface area contributed by atoms with Crippen LogP contribution in [0.25, 0.3) is 0 Å². The van der Waals surface area contributed by atoms with Gasteiger partial charge in [-0.05, 0) is 56.2 Å². The van der Waals surface area contributed by atoms with Crippen molar-refractivity contribution in [1.29, 1.82) is 0 Å². The highest BCUT2D eigenvalue weighted by Crippen LogP contribution is 2.31. The lowest BCUT2D eigenvalue weighted by atomic mass is 10.1. The normalized spacial score (nSPS) is 12.6. The van der Waals surface area contributed by atoms with Crippen LogP contribution in [0.4, 0.5) is 0 Å². The Morgan fingerprint density at radius 1 is 0.963 bits per heavy atom. The van der Waals surface area contributed by atoms with E-state index in [-0.39, 0.29) is 5.75 Å². The summed E-state index contributed by atoms with van der Waals surface area (Å²) < 4.78 is 38.8. The molecule has 0 heterocycles. The molecule has 0 aromatic heterocycles. The summed E-state index contributed by atoms with van der Waals surface area (Å²) in [6.07, 6.45) is 0. The van der Waals surface area contributed by atoms with Crippen LogP contribution in [0.1, 0.15) is 37.9 Å². The SMILES string of the molecule is CCOc1ccc([C@H](C)NS(=O)(=O)Cc2ccc(Cl)c(Cl)c2)cc1OCC. The molecule has 0 fully saturated rings. The Labute approximate surface area is 170 Å². The molecule has 0 aliphatic heterocycles. The van der Waals surface area contributed by atoms with Crippen LogP contribution < -0.4 is 14.2 Å². The van der Waals surface area contributed by atoms with Crippen LogP contribution >= 0.6 is 23.2 Å². The fourth-order valence-electron chi connectivity index (χ4n) is 2.56. The summed E-state index contributed by atoms with van der Waals surface area (Å²) >= 11 is 11.8. The molecule has 2 rings (SSSR count). The predicted molar refractivity (Wildman–Crippen MR) is 109 cm³/mol. The van der Waals surface area contributed by atoms with Crippen LogP contribution in [0.3, 0.4) is 0 Å². The first kappa shape index (κ1) is 21.8. The minimum Gasteiger partial charge on any atom is -0.490 e. The van der Waals surface area contributed by atoms with Crippen molar-refractivity contribution >= 4 is 33.2 Å². The molecular weight excluding hydrogens is 409 g/mol. The maximum absolute atomic E-state index is 12.5. The van der Waals surface area contributed by atoms with Crippen molar-refractivity contribution in [2.75, 3.05) is 13.2 Å². The number of halogens is 2. The molecule has 148 valence electrons. The van der Waals surface area contributed by atoms with Gasteiger partial charge >= 0.3 is 0 Å². The van der Waals surface area contributed by atoms with Gasteiger partial charge in [0.05, 0.1) is 29.0 Å². The van der Waals surface area contributed by atoms with E-state index in [1.807, 2.05) is 19.9 Å². The van der Waals surface area contributed by atoms with Gasteiger partial charge in [-0.3, -0.25) is 0 Å². The summed E-state index contributed by atoms with van der Waals surface area (Å²) in [7, 11) is -3.58. The van der Waals surface area contributed by atoms with E-state index in [1.165, 1.54) is 0 Å². The third-order valence-corrected chi connectivity index (χ3v) is 5.93. The van der Waals surface area contributed by atoms with Crippen molar-refractivity contribution in [2.24, 2.45) is 0 Å². The van der Waals surface area contributed by atoms with Gasteiger partial charge in [-0.15, -0.1) is 0 Å². The van der Waals surface area contributed by atoms with E-state index in [9.17, 15) is 8.42 Å². The molecule has 0 radical (unpaired) electrons. The van der Waals surface area contributed by atoms with Crippen LogP contribution in [-0.4, -0.2) is 21.6 Å². The third kappa shape index (κ3) is 6.28. The molecule has 0 saturated heterocycles. The molecule has 2 aromatic rings. The Balaban J connectivity index is 2.15. The molecule has 5 nitrogen and oxygen atoms in total. The summed E-state index contributed by atoms with van der Waals surface area (Å²) in [5.41, 5.74) is 1.34. The smallest absolute Gasteiger partial charge is 0.216 e. The highest BCUT2D eigenvalue weighted by atomic mass is 35.5. The zero-order valence-electron chi connectivity index (χ0n) is 15.5. The Morgan fingerprint density at radius 2 is 1.63 bits per heavy atom. The van der Waals surface area contributed by atoms with Crippen molar-refractivity contribution in [3.8, 4) is 11.5 Å². The predicted octanol–water partition coefficient (Wildman–Crippen LogP) is 4.97. The van der Waals surface area contributed by atoms with Crippen molar-refractivity contribution in [3.05, 3.63) is 57.6 Å². The highest BCUT2D eigenvalue weighted by Gasteiger charge is 2.18. The quantitative estimate of drug-likeness (QED) is 0.608. The van der Waals surface area contributed by atoms with Gasteiger partial charge < -0.3 is 9.47 Å². The number of ether oxygens (including phenoxy) is 2. The van der Waals surface area contributed by atoms with E-state index in [0.29, 0.717) is 40.3 Å². The zero-order valence-corrected chi connectivity index (χ0v) is 17.8. The number of hydrogen-bond donors (Lipinski definition) is 1. The fourth-order valence-corrected chi connectivity index (χ4v) is 4.26. The van der Waals surface area contributed by atoms with E-state index in [1.54, 1.807) is 37.3 Å². The highest BCUT2D eigenvalue weighted by molar-refractivity contribution is 7.88. The first-order chi connectivity index (χ1) is 12.8. The molecule has 0 bridgehead atoms. The topological polar surface area (TPSA) is 64.6 Å². The Morgan fingerprint density at radius 3 is 2.26 bits per heavy atom. The number of nitrogens with one attached hydrogen (secondary N) is 1. The molecule has 27 heavy (non-hydrogen) atoms. The second-order valence-electron chi connectivity index (χ2n) is 5.92. The minimum atomic E-state index is -3.58. The molecule has 0 aliphatic carbocycles. The molecule has 0 unspecified atom stereocenters. The standard InChI is InChI=1S/C19H23Cl2NO4S/c1-4-25-18-9-7-15(11-19(18)26-5-2)13(3)22-27(23,24)12-14-6-8-16(20)17(21)10-14/h6-11,13,22H,4-5,12H2,1-3H3/t13-/m0/s1.